The molecule has 2 nitrogen and oxygen atoms in total. The van der Waals surface area contributed by atoms with Crippen molar-refractivity contribution in [2.24, 2.45) is 0 Å². The highest BCUT2D eigenvalue weighted by atomic mass is 31.2. The maximum Gasteiger partial charge on any atom is 0.114 e. The summed E-state index contributed by atoms with van der Waals surface area (Å²) in [6.45, 7) is 5.62. The van der Waals surface area contributed by atoms with E-state index < -0.39 is 13.0 Å². The first-order chi connectivity index (χ1) is 4.60. The molecule has 3 heteroatoms. The van der Waals surface area contributed by atoms with Crippen molar-refractivity contribution in [1.82, 2.24) is 0 Å². The van der Waals surface area contributed by atoms with Gasteiger partial charge in [-0.05, 0) is 6.42 Å². The van der Waals surface area contributed by atoms with Crippen molar-refractivity contribution in [3.63, 3.8) is 0 Å². The van der Waals surface area contributed by atoms with Crippen molar-refractivity contribution in [2.45, 2.75) is 33.0 Å². The van der Waals surface area contributed by atoms with Gasteiger partial charge in [0.1, 0.15) is 13.0 Å². The van der Waals surface area contributed by atoms with E-state index >= 15 is 0 Å². The molecule has 0 aromatic heterocycles. The SMILES string of the molecule is CCC(O)P(=O)(CC)CC. The highest BCUT2D eigenvalue weighted by molar-refractivity contribution is 7.64. The fourth-order valence-corrected chi connectivity index (χ4v) is 2.93. The molecular formula is C7H17O2P. The summed E-state index contributed by atoms with van der Waals surface area (Å²) in [5.41, 5.74) is 0. The first-order valence-electron chi connectivity index (χ1n) is 3.86. The second kappa shape index (κ2) is 4.15. The van der Waals surface area contributed by atoms with Gasteiger partial charge in [0.25, 0.3) is 0 Å². The summed E-state index contributed by atoms with van der Waals surface area (Å²) in [7, 11) is -2.22. The lowest BCUT2D eigenvalue weighted by Gasteiger charge is -2.19. The van der Waals surface area contributed by atoms with E-state index in [1.54, 1.807) is 0 Å². The van der Waals surface area contributed by atoms with Crippen LogP contribution in [0.2, 0.25) is 0 Å². The van der Waals surface area contributed by atoms with Gasteiger partial charge in [-0.3, -0.25) is 0 Å². The van der Waals surface area contributed by atoms with Crippen molar-refractivity contribution < 1.29 is 9.67 Å². The molecule has 0 aliphatic heterocycles. The molecule has 0 spiro atoms. The molecule has 0 amide bonds. The number of aliphatic hydroxyl groups excluding tert-OH is 1. The second-order valence-electron chi connectivity index (χ2n) is 2.47. The molecule has 0 radical (unpaired) electrons. The fraction of sp³-hybridized carbons (Fsp3) is 1.00. The molecule has 62 valence electrons. The largest absolute Gasteiger partial charge is 0.385 e. The molecule has 0 saturated carbocycles. The van der Waals surface area contributed by atoms with Gasteiger partial charge in [0, 0.05) is 12.3 Å². The molecular weight excluding hydrogens is 147 g/mol. The summed E-state index contributed by atoms with van der Waals surface area (Å²) in [5.74, 6) is -0.567. The normalized spacial score (nSPS) is 15.2. The van der Waals surface area contributed by atoms with Gasteiger partial charge in [-0.2, -0.15) is 0 Å². The van der Waals surface area contributed by atoms with Gasteiger partial charge in [0.2, 0.25) is 0 Å². The average molecular weight is 164 g/mol. The minimum absolute atomic E-state index is 0.567. The van der Waals surface area contributed by atoms with Crippen LogP contribution in [0.5, 0.6) is 0 Å². The van der Waals surface area contributed by atoms with E-state index in [9.17, 15) is 9.67 Å². The van der Waals surface area contributed by atoms with E-state index in [0.29, 0.717) is 18.7 Å². The third-order valence-electron chi connectivity index (χ3n) is 1.98. The van der Waals surface area contributed by atoms with Crippen LogP contribution in [0, 0.1) is 0 Å². The molecule has 10 heavy (non-hydrogen) atoms. The molecule has 0 aromatic carbocycles. The molecule has 1 atom stereocenters. The minimum Gasteiger partial charge on any atom is -0.385 e. The van der Waals surface area contributed by atoms with Crippen LogP contribution in [0.25, 0.3) is 0 Å². The topological polar surface area (TPSA) is 37.3 Å². The molecule has 0 bridgehead atoms. The van der Waals surface area contributed by atoms with Crippen LogP contribution in [0.15, 0.2) is 0 Å². The lowest BCUT2D eigenvalue weighted by atomic mass is 10.5. The first kappa shape index (κ1) is 10.2. The lowest BCUT2D eigenvalue weighted by molar-refractivity contribution is 0.243. The Bertz CT molecular complexity index is 126. The highest BCUT2D eigenvalue weighted by Gasteiger charge is 2.25. The zero-order valence-electron chi connectivity index (χ0n) is 7.00. The molecule has 1 N–H and O–H groups in total. The van der Waals surface area contributed by atoms with Crippen molar-refractivity contribution in [2.75, 3.05) is 12.3 Å². The Kier molecular flexibility index (Phi) is 4.23. The number of aliphatic hydroxyl groups is 1. The molecule has 0 saturated heterocycles. The third kappa shape index (κ3) is 2.10. The van der Waals surface area contributed by atoms with Crippen molar-refractivity contribution in [3.05, 3.63) is 0 Å². The molecule has 0 aliphatic rings. The predicted molar refractivity (Wildman–Crippen MR) is 45.0 cm³/mol. The van der Waals surface area contributed by atoms with Crippen LogP contribution < -0.4 is 0 Å². The average Bonchev–Trinajstić information content (AvgIpc) is 2.01. The molecule has 0 aromatic rings. The first-order valence-corrected chi connectivity index (χ1v) is 6.01. The summed E-state index contributed by atoms with van der Waals surface area (Å²) in [5, 5.41) is 9.31. The second-order valence-corrected chi connectivity index (χ2v) is 6.24. The Morgan fingerprint density at radius 1 is 1.30 bits per heavy atom. The van der Waals surface area contributed by atoms with Crippen LogP contribution in [0.4, 0.5) is 0 Å². The van der Waals surface area contributed by atoms with E-state index in [1.165, 1.54) is 0 Å². The van der Waals surface area contributed by atoms with Crippen LogP contribution in [-0.2, 0) is 4.57 Å². The zero-order valence-corrected chi connectivity index (χ0v) is 7.90. The molecule has 0 heterocycles. The van der Waals surface area contributed by atoms with Crippen LogP contribution in [0.3, 0.4) is 0 Å². The summed E-state index contributed by atoms with van der Waals surface area (Å²) in [4.78, 5) is 0. The van der Waals surface area contributed by atoms with Crippen LogP contribution in [-0.4, -0.2) is 23.3 Å². The quantitative estimate of drug-likeness (QED) is 0.646. The van der Waals surface area contributed by atoms with Gasteiger partial charge in [-0.1, -0.05) is 20.8 Å². The van der Waals surface area contributed by atoms with Crippen LogP contribution >= 0.6 is 7.14 Å². The van der Waals surface area contributed by atoms with E-state index in [1.807, 2.05) is 20.8 Å². The Labute approximate surface area is 63.0 Å². The van der Waals surface area contributed by atoms with E-state index in [-0.39, 0.29) is 0 Å². The Morgan fingerprint density at radius 3 is 1.80 bits per heavy atom. The van der Waals surface area contributed by atoms with Crippen molar-refractivity contribution >= 4 is 7.14 Å². The van der Waals surface area contributed by atoms with Gasteiger partial charge in [-0.15, -0.1) is 0 Å². The summed E-state index contributed by atoms with van der Waals surface area (Å²) >= 11 is 0. The smallest absolute Gasteiger partial charge is 0.114 e. The van der Waals surface area contributed by atoms with E-state index in [0.717, 1.165) is 0 Å². The Morgan fingerprint density at radius 2 is 1.70 bits per heavy atom. The van der Waals surface area contributed by atoms with Gasteiger partial charge in [0.15, 0.2) is 0 Å². The van der Waals surface area contributed by atoms with Gasteiger partial charge in [-0.25, -0.2) is 0 Å². The van der Waals surface area contributed by atoms with Gasteiger partial charge < -0.3 is 9.67 Å². The molecule has 0 fully saturated rings. The van der Waals surface area contributed by atoms with Crippen LogP contribution in [0.1, 0.15) is 27.2 Å². The van der Waals surface area contributed by atoms with Crippen molar-refractivity contribution in [3.8, 4) is 0 Å². The number of hydrogen-bond acceptors (Lipinski definition) is 2. The maximum absolute atomic E-state index is 11.6. The summed E-state index contributed by atoms with van der Waals surface area (Å²) in [6.07, 6.45) is 1.86. The van der Waals surface area contributed by atoms with Gasteiger partial charge >= 0.3 is 0 Å². The predicted octanol–water partition coefficient (Wildman–Crippen LogP) is 2.12. The highest BCUT2D eigenvalue weighted by Crippen LogP contribution is 2.49. The zero-order chi connectivity index (χ0) is 8.20. The maximum atomic E-state index is 11.6. The molecule has 1 unspecified atom stereocenters. The monoisotopic (exact) mass is 164 g/mol. The fourth-order valence-electron chi connectivity index (χ4n) is 0.978. The molecule has 0 aliphatic carbocycles. The van der Waals surface area contributed by atoms with E-state index in [4.69, 9.17) is 0 Å². The third-order valence-corrected chi connectivity index (χ3v) is 5.57. The minimum atomic E-state index is -2.22. The summed E-state index contributed by atoms with van der Waals surface area (Å²) in [6, 6.07) is 0. The Hall–Kier alpha value is 0.190. The molecule has 0 rings (SSSR count). The van der Waals surface area contributed by atoms with Gasteiger partial charge in [0.05, 0.1) is 0 Å². The number of rotatable bonds is 4. The Balaban J connectivity index is 4.18. The standard InChI is InChI=1S/C7H17O2P/c1-4-7(8)10(9,5-2)6-3/h7-8H,4-6H2,1-3H3. The summed E-state index contributed by atoms with van der Waals surface area (Å²) < 4.78 is 11.6. The lowest BCUT2D eigenvalue weighted by Crippen LogP contribution is -2.09. The number of hydrogen-bond donors (Lipinski definition) is 1. The van der Waals surface area contributed by atoms with E-state index in [2.05, 4.69) is 0 Å². The van der Waals surface area contributed by atoms with Crippen molar-refractivity contribution in [1.29, 1.82) is 0 Å².